The van der Waals surface area contributed by atoms with Gasteiger partial charge in [-0.05, 0) is 19.9 Å². The minimum absolute atomic E-state index is 0.0684. The Bertz CT molecular complexity index is 519. The zero-order valence-electron chi connectivity index (χ0n) is 11.1. The number of ether oxygens (including phenoxy) is 2. The fourth-order valence-corrected chi connectivity index (χ4v) is 1.53. The van der Waals surface area contributed by atoms with Gasteiger partial charge in [0.15, 0.2) is 0 Å². The molecular weight excluding hydrogens is 288 g/mol. The summed E-state index contributed by atoms with van der Waals surface area (Å²) in [4.78, 5) is 21.6. The molecule has 0 fully saturated rings. The third-order valence-corrected chi connectivity index (χ3v) is 2.69. The lowest BCUT2D eigenvalue weighted by Gasteiger charge is -2.22. The Hall–Kier alpha value is -1.86. The smallest absolute Gasteiger partial charge is 0.329 e. The number of carbonyl (C=O) groups excluding carboxylic acids is 1. The molecule has 1 unspecified atom stereocenters. The molecule has 0 saturated carbocycles. The fraction of sp³-hybridized carbons (Fsp3) is 0.417. The molecule has 0 aliphatic heterocycles. The molecule has 0 bridgehead atoms. The number of rotatable bonds is 6. The van der Waals surface area contributed by atoms with Crippen LogP contribution < -0.4 is 10.5 Å². The third-order valence-electron chi connectivity index (χ3n) is 2.40. The summed E-state index contributed by atoms with van der Waals surface area (Å²) in [5.41, 5.74) is 4.29. The first-order valence-corrected chi connectivity index (χ1v) is 6.18. The van der Waals surface area contributed by atoms with E-state index in [2.05, 4.69) is 0 Å². The molecule has 110 valence electrons. The summed E-state index contributed by atoms with van der Waals surface area (Å²) >= 11 is 5.86. The van der Waals surface area contributed by atoms with E-state index in [1.165, 1.54) is 19.1 Å². The Labute approximate surface area is 120 Å². The first-order chi connectivity index (χ1) is 9.27. The SMILES string of the molecule is CCOC(=O)C(C)(N)COc1ccc([N+](=O)[O-])cc1Cl. The van der Waals surface area contributed by atoms with E-state index in [9.17, 15) is 14.9 Å². The summed E-state index contributed by atoms with van der Waals surface area (Å²) < 4.78 is 10.1. The van der Waals surface area contributed by atoms with Crippen LogP contribution in [0.15, 0.2) is 18.2 Å². The average Bonchev–Trinajstić information content (AvgIpc) is 2.37. The molecule has 0 aliphatic carbocycles. The Morgan fingerprint density at radius 2 is 2.20 bits per heavy atom. The van der Waals surface area contributed by atoms with Crippen LogP contribution in [0.25, 0.3) is 0 Å². The van der Waals surface area contributed by atoms with Gasteiger partial charge in [-0.15, -0.1) is 0 Å². The second kappa shape index (κ2) is 6.53. The molecule has 1 atom stereocenters. The largest absolute Gasteiger partial charge is 0.489 e. The van der Waals surface area contributed by atoms with E-state index in [1.807, 2.05) is 0 Å². The summed E-state index contributed by atoms with van der Waals surface area (Å²) in [7, 11) is 0. The molecule has 0 saturated heterocycles. The van der Waals surface area contributed by atoms with E-state index >= 15 is 0 Å². The second-order valence-corrected chi connectivity index (χ2v) is 4.71. The Morgan fingerprint density at radius 3 is 2.70 bits per heavy atom. The molecule has 0 aliphatic rings. The number of esters is 1. The summed E-state index contributed by atoms with van der Waals surface area (Å²) in [6, 6.07) is 3.76. The zero-order chi connectivity index (χ0) is 15.3. The van der Waals surface area contributed by atoms with Gasteiger partial charge in [-0.3, -0.25) is 10.1 Å². The molecule has 0 spiro atoms. The molecule has 7 nitrogen and oxygen atoms in total. The predicted molar refractivity (Wildman–Crippen MR) is 72.8 cm³/mol. The van der Waals surface area contributed by atoms with E-state index in [0.29, 0.717) is 0 Å². The van der Waals surface area contributed by atoms with E-state index in [-0.39, 0.29) is 29.7 Å². The van der Waals surface area contributed by atoms with Crippen molar-refractivity contribution in [2.45, 2.75) is 19.4 Å². The van der Waals surface area contributed by atoms with Gasteiger partial charge in [-0.2, -0.15) is 0 Å². The number of carbonyl (C=O) groups is 1. The van der Waals surface area contributed by atoms with Crippen LogP contribution in [0.2, 0.25) is 5.02 Å². The van der Waals surface area contributed by atoms with Crippen molar-refractivity contribution < 1.29 is 19.2 Å². The van der Waals surface area contributed by atoms with Gasteiger partial charge in [0.25, 0.3) is 5.69 Å². The molecule has 1 aromatic carbocycles. The van der Waals surface area contributed by atoms with Crippen molar-refractivity contribution in [3.8, 4) is 5.75 Å². The van der Waals surface area contributed by atoms with Crippen molar-refractivity contribution in [2.75, 3.05) is 13.2 Å². The van der Waals surface area contributed by atoms with Crippen molar-refractivity contribution >= 4 is 23.3 Å². The summed E-state index contributed by atoms with van der Waals surface area (Å²) in [6.07, 6.45) is 0. The number of non-ortho nitro benzene ring substituents is 1. The fourth-order valence-electron chi connectivity index (χ4n) is 1.30. The highest BCUT2D eigenvalue weighted by Gasteiger charge is 2.31. The lowest BCUT2D eigenvalue weighted by atomic mass is 10.1. The van der Waals surface area contributed by atoms with Gasteiger partial charge in [0.1, 0.15) is 17.9 Å². The molecule has 0 heterocycles. The number of nitrogens with zero attached hydrogens (tertiary/aromatic N) is 1. The van der Waals surface area contributed by atoms with Crippen molar-refractivity contribution in [3.63, 3.8) is 0 Å². The van der Waals surface area contributed by atoms with Gasteiger partial charge in [0.2, 0.25) is 0 Å². The van der Waals surface area contributed by atoms with Crippen LogP contribution in [0.5, 0.6) is 5.75 Å². The van der Waals surface area contributed by atoms with E-state index in [1.54, 1.807) is 6.92 Å². The molecule has 0 aromatic heterocycles. The summed E-state index contributed by atoms with van der Waals surface area (Å²) in [5, 5.41) is 10.6. The number of benzene rings is 1. The molecule has 0 amide bonds. The minimum Gasteiger partial charge on any atom is -0.489 e. The molecular formula is C12H15ClN2O5. The van der Waals surface area contributed by atoms with Crippen LogP contribution in [0.4, 0.5) is 5.69 Å². The van der Waals surface area contributed by atoms with Gasteiger partial charge in [-0.1, -0.05) is 11.6 Å². The van der Waals surface area contributed by atoms with Crippen molar-refractivity contribution in [1.29, 1.82) is 0 Å². The molecule has 8 heteroatoms. The number of nitro groups is 1. The molecule has 20 heavy (non-hydrogen) atoms. The Balaban J connectivity index is 2.75. The van der Waals surface area contributed by atoms with Gasteiger partial charge in [-0.25, -0.2) is 4.79 Å². The maximum atomic E-state index is 11.6. The van der Waals surface area contributed by atoms with E-state index in [4.69, 9.17) is 26.8 Å². The zero-order valence-corrected chi connectivity index (χ0v) is 11.8. The van der Waals surface area contributed by atoms with E-state index < -0.39 is 16.4 Å². The van der Waals surface area contributed by atoms with Crippen LogP contribution in [-0.2, 0) is 9.53 Å². The Morgan fingerprint density at radius 1 is 1.55 bits per heavy atom. The van der Waals surface area contributed by atoms with Gasteiger partial charge in [0.05, 0.1) is 16.6 Å². The number of hydrogen-bond acceptors (Lipinski definition) is 6. The van der Waals surface area contributed by atoms with Crippen LogP contribution in [-0.4, -0.2) is 29.6 Å². The van der Waals surface area contributed by atoms with Crippen LogP contribution >= 0.6 is 11.6 Å². The topological polar surface area (TPSA) is 105 Å². The van der Waals surface area contributed by atoms with Gasteiger partial charge >= 0.3 is 5.97 Å². The number of nitro benzene ring substituents is 1. The molecule has 1 rings (SSSR count). The summed E-state index contributed by atoms with van der Waals surface area (Å²) in [5.74, 6) is -0.392. The van der Waals surface area contributed by atoms with Crippen LogP contribution in [0, 0.1) is 10.1 Å². The molecule has 0 radical (unpaired) electrons. The van der Waals surface area contributed by atoms with Crippen molar-refractivity contribution in [2.24, 2.45) is 5.73 Å². The normalized spacial score (nSPS) is 13.4. The van der Waals surface area contributed by atoms with Gasteiger partial charge in [0, 0.05) is 12.1 Å². The predicted octanol–water partition coefficient (Wildman–Crippen LogP) is 1.91. The maximum Gasteiger partial charge on any atom is 0.329 e. The van der Waals surface area contributed by atoms with Crippen LogP contribution in [0.1, 0.15) is 13.8 Å². The highest BCUT2D eigenvalue weighted by Crippen LogP contribution is 2.29. The highest BCUT2D eigenvalue weighted by atomic mass is 35.5. The Kier molecular flexibility index (Phi) is 5.29. The van der Waals surface area contributed by atoms with E-state index in [0.717, 1.165) is 6.07 Å². The van der Waals surface area contributed by atoms with Crippen molar-refractivity contribution in [1.82, 2.24) is 0 Å². The van der Waals surface area contributed by atoms with Crippen LogP contribution in [0.3, 0.4) is 0 Å². The highest BCUT2D eigenvalue weighted by molar-refractivity contribution is 6.32. The first kappa shape index (κ1) is 16.2. The lowest BCUT2D eigenvalue weighted by molar-refractivity contribution is -0.384. The molecule has 1 aromatic rings. The first-order valence-electron chi connectivity index (χ1n) is 5.80. The standard InChI is InChI=1S/C12H15ClN2O5/c1-3-19-11(16)12(2,14)7-20-10-5-4-8(15(17)18)6-9(10)13/h4-6H,3,7,14H2,1-2H3. The third kappa shape index (κ3) is 4.07. The van der Waals surface area contributed by atoms with Gasteiger partial charge < -0.3 is 15.2 Å². The number of hydrogen-bond donors (Lipinski definition) is 1. The average molecular weight is 303 g/mol. The summed E-state index contributed by atoms with van der Waals surface area (Å²) in [6.45, 7) is 3.18. The second-order valence-electron chi connectivity index (χ2n) is 4.30. The maximum absolute atomic E-state index is 11.6. The lowest BCUT2D eigenvalue weighted by Crippen LogP contribution is -2.51. The quantitative estimate of drug-likeness (QED) is 0.489. The minimum atomic E-state index is -1.33. The number of halogens is 1. The monoisotopic (exact) mass is 302 g/mol. The van der Waals surface area contributed by atoms with Crippen molar-refractivity contribution in [3.05, 3.63) is 33.3 Å². The molecule has 2 N–H and O–H groups in total. The number of nitrogens with two attached hydrogens (primary N) is 1.